The van der Waals surface area contributed by atoms with E-state index in [0.29, 0.717) is 0 Å². The van der Waals surface area contributed by atoms with Crippen LogP contribution in [0.1, 0.15) is 0 Å². The minimum absolute atomic E-state index is 0.00147. The predicted octanol–water partition coefficient (Wildman–Crippen LogP) is 4.40. The van der Waals surface area contributed by atoms with Crippen LogP contribution in [-0.4, -0.2) is 6.47 Å². The average Bonchev–Trinajstić information content (AvgIpc) is 2.19. The van der Waals surface area contributed by atoms with Crippen LogP contribution in [0.3, 0.4) is 0 Å². The van der Waals surface area contributed by atoms with Crippen molar-refractivity contribution < 1.29 is 9.53 Å². The van der Waals surface area contributed by atoms with Gasteiger partial charge in [0.2, 0.25) is 0 Å². The Morgan fingerprint density at radius 1 is 0.786 bits per heavy atom. The number of benzene rings is 1. The molecule has 0 aliphatic rings. The van der Waals surface area contributed by atoms with E-state index in [-0.39, 0.29) is 30.9 Å². The molecule has 0 heterocycles. The van der Waals surface area contributed by atoms with E-state index in [1.54, 1.807) is 0 Å². The molecular weight excluding hydrogens is 293 g/mol. The molecule has 0 bridgehead atoms. The van der Waals surface area contributed by atoms with Gasteiger partial charge in [-0.3, -0.25) is 0 Å². The molecule has 1 aromatic carbocycles. The van der Waals surface area contributed by atoms with E-state index in [2.05, 4.69) is 4.74 Å². The van der Waals surface area contributed by atoms with Gasteiger partial charge < -0.3 is 4.74 Å². The molecule has 0 N–H and O–H groups in total. The van der Waals surface area contributed by atoms with Gasteiger partial charge in [0.25, 0.3) is 0 Å². The molecule has 0 atom stereocenters. The highest BCUT2D eigenvalue weighted by molar-refractivity contribution is 6.55. The van der Waals surface area contributed by atoms with Crippen LogP contribution in [0.25, 0.3) is 0 Å². The second-order valence-corrected chi connectivity index (χ2v) is 3.97. The molecule has 1 radical (unpaired) electrons. The zero-order valence-electron chi connectivity index (χ0n) is 6.21. The second kappa shape index (κ2) is 4.77. The van der Waals surface area contributed by atoms with Crippen LogP contribution in [0.15, 0.2) is 0 Å². The molecule has 1 rings (SSSR count). The van der Waals surface area contributed by atoms with Crippen molar-refractivity contribution in [3.63, 3.8) is 0 Å². The first kappa shape index (κ1) is 12.2. The SMILES string of the molecule is O=[C]Oc1c(Cl)c(Cl)c(Cl)c(Cl)c1Cl. The minimum atomic E-state index is -0.164. The first-order valence-corrected chi connectivity index (χ1v) is 4.95. The molecule has 0 unspecified atom stereocenters. The van der Waals surface area contributed by atoms with E-state index >= 15 is 0 Å². The molecule has 0 aromatic heterocycles. The maximum atomic E-state index is 10.0. The first-order chi connectivity index (χ1) is 6.50. The molecule has 75 valence electrons. The molecule has 0 fully saturated rings. The van der Waals surface area contributed by atoms with E-state index < -0.39 is 0 Å². The van der Waals surface area contributed by atoms with Gasteiger partial charge in [0.15, 0.2) is 5.75 Å². The molecule has 1 aromatic rings. The first-order valence-electron chi connectivity index (χ1n) is 3.06. The lowest BCUT2D eigenvalue weighted by molar-refractivity contribution is 0.443. The topological polar surface area (TPSA) is 26.3 Å². The molecule has 0 aliphatic carbocycles. The van der Waals surface area contributed by atoms with Crippen LogP contribution >= 0.6 is 58.0 Å². The summed E-state index contributed by atoms with van der Waals surface area (Å²) in [4.78, 5) is 10.0. The highest BCUT2D eigenvalue weighted by Crippen LogP contribution is 2.47. The van der Waals surface area contributed by atoms with Crippen LogP contribution < -0.4 is 4.74 Å². The van der Waals surface area contributed by atoms with Gasteiger partial charge in [-0.2, -0.15) is 0 Å². The molecule has 7 heteroatoms. The van der Waals surface area contributed by atoms with Gasteiger partial charge >= 0.3 is 6.47 Å². The van der Waals surface area contributed by atoms with Gasteiger partial charge in [-0.05, 0) is 0 Å². The summed E-state index contributed by atoms with van der Waals surface area (Å²) in [6.45, 7) is 1.16. The highest BCUT2D eigenvalue weighted by atomic mass is 35.5. The monoisotopic (exact) mass is 291 g/mol. The molecule has 0 aliphatic heterocycles. The summed E-state index contributed by atoms with van der Waals surface area (Å²) >= 11 is 28.4. The van der Waals surface area contributed by atoms with Crippen molar-refractivity contribution >= 4 is 64.5 Å². The Morgan fingerprint density at radius 2 is 1.14 bits per heavy atom. The van der Waals surface area contributed by atoms with Gasteiger partial charge in [0.05, 0.1) is 15.1 Å². The maximum Gasteiger partial charge on any atom is 0.423 e. The Bertz CT molecular complexity index is 361. The fraction of sp³-hybridized carbons (Fsp3) is 0. The number of ether oxygens (including phenoxy) is 1. The zero-order valence-corrected chi connectivity index (χ0v) is 9.99. The molecule has 0 spiro atoms. The number of carbonyl (C=O) groups excluding carboxylic acids is 1. The van der Waals surface area contributed by atoms with E-state index in [1.165, 1.54) is 0 Å². The summed E-state index contributed by atoms with van der Waals surface area (Å²) in [7, 11) is 0. The summed E-state index contributed by atoms with van der Waals surface area (Å²) < 4.78 is 4.39. The van der Waals surface area contributed by atoms with E-state index in [0.717, 1.165) is 6.47 Å². The molecule has 14 heavy (non-hydrogen) atoms. The van der Waals surface area contributed by atoms with E-state index in [9.17, 15) is 4.79 Å². The number of halogens is 5. The fourth-order valence-corrected chi connectivity index (χ4v) is 1.91. The van der Waals surface area contributed by atoms with Crippen molar-refractivity contribution in [3.8, 4) is 5.75 Å². The molecule has 2 nitrogen and oxygen atoms in total. The lowest BCUT2D eigenvalue weighted by atomic mass is 10.3. The van der Waals surface area contributed by atoms with Crippen molar-refractivity contribution in [2.45, 2.75) is 0 Å². The lowest BCUT2D eigenvalue weighted by Gasteiger charge is -2.08. The lowest BCUT2D eigenvalue weighted by Crippen LogP contribution is -1.92. The van der Waals surface area contributed by atoms with E-state index in [1.807, 2.05) is 0 Å². The summed E-state index contributed by atoms with van der Waals surface area (Å²) in [6.07, 6.45) is 0. The summed E-state index contributed by atoms with van der Waals surface area (Å²) in [6, 6.07) is 0. The Hall–Kier alpha value is 0.140. The molecule has 0 saturated carbocycles. The third-order valence-corrected chi connectivity index (χ3v) is 3.56. The highest BCUT2D eigenvalue weighted by Gasteiger charge is 2.20. The Kier molecular flexibility index (Phi) is 4.16. The van der Waals surface area contributed by atoms with E-state index in [4.69, 9.17) is 58.0 Å². The average molecular weight is 293 g/mol. The molecule has 0 amide bonds. The Balaban J connectivity index is 3.50. The summed E-state index contributed by atoms with van der Waals surface area (Å²) in [5.74, 6) is -0.164. The van der Waals surface area contributed by atoms with Crippen LogP contribution in [0.5, 0.6) is 5.75 Å². The maximum absolute atomic E-state index is 10.0. The normalized spacial score (nSPS) is 10.1. The number of hydrogen-bond acceptors (Lipinski definition) is 2. The fourth-order valence-electron chi connectivity index (χ4n) is 0.716. The van der Waals surface area contributed by atoms with Crippen molar-refractivity contribution in [1.82, 2.24) is 0 Å². The zero-order chi connectivity index (χ0) is 10.9. The smallest absolute Gasteiger partial charge is 0.415 e. The van der Waals surface area contributed by atoms with Crippen molar-refractivity contribution in [3.05, 3.63) is 25.1 Å². The summed E-state index contributed by atoms with van der Waals surface area (Å²) in [5, 5.41) is -0.244. The van der Waals surface area contributed by atoms with Crippen molar-refractivity contribution in [2.24, 2.45) is 0 Å². The van der Waals surface area contributed by atoms with Crippen LogP contribution in [0, 0.1) is 0 Å². The number of rotatable bonds is 2. The standard InChI is InChI=1S/C7Cl5O2/c8-2-3(9)5(11)7(14-1-13)6(12)4(2)10. The van der Waals surface area contributed by atoms with Gasteiger partial charge in [0.1, 0.15) is 10.0 Å². The predicted molar refractivity (Wildman–Crippen MR) is 57.8 cm³/mol. The third-order valence-electron chi connectivity index (χ3n) is 1.31. The minimum Gasteiger partial charge on any atom is -0.415 e. The number of hydrogen-bond donors (Lipinski definition) is 0. The molecule has 0 saturated heterocycles. The second-order valence-electron chi connectivity index (χ2n) is 2.08. The van der Waals surface area contributed by atoms with Crippen LogP contribution in [-0.2, 0) is 4.79 Å². The van der Waals surface area contributed by atoms with Gasteiger partial charge in [0, 0.05) is 0 Å². The van der Waals surface area contributed by atoms with Crippen LogP contribution in [0.4, 0.5) is 0 Å². The summed E-state index contributed by atoms with van der Waals surface area (Å²) in [5.41, 5.74) is 0. The quantitative estimate of drug-likeness (QED) is 0.597. The van der Waals surface area contributed by atoms with Crippen molar-refractivity contribution in [1.29, 1.82) is 0 Å². The molecular formula is C7Cl5O2. The Morgan fingerprint density at radius 3 is 1.50 bits per heavy atom. The van der Waals surface area contributed by atoms with Gasteiger partial charge in [-0.1, -0.05) is 58.0 Å². The van der Waals surface area contributed by atoms with Crippen molar-refractivity contribution in [2.75, 3.05) is 0 Å². The van der Waals surface area contributed by atoms with Gasteiger partial charge in [-0.25, -0.2) is 4.79 Å². The van der Waals surface area contributed by atoms with Gasteiger partial charge in [-0.15, -0.1) is 0 Å². The van der Waals surface area contributed by atoms with Crippen LogP contribution in [0.2, 0.25) is 25.1 Å². The largest absolute Gasteiger partial charge is 0.423 e. The third kappa shape index (κ3) is 2.05. The Labute approximate surface area is 105 Å².